The Morgan fingerprint density at radius 1 is 1.22 bits per heavy atom. The summed E-state index contributed by atoms with van der Waals surface area (Å²) in [5.74, 6) is -0.218. The highest BCUT2D eigenvalue weighted by molar-refractivity contribution is 9.10. The molecule has 1 N–H and O–H groups in total. The smallest absolute Gasteiger partial charge is 0.124 e. The van der Waals surface area contributed by atoms with Crippen molar-refractivity contribution < 1.29 is 4.39 Å². The quantitative estimate of drug-likeness (QED) is 0.870. The fraction of sp³-hybridized carbons (Fsp3) is 0.286. The number of benzene rings is 1. The Morgan fingerprint density at radius 2 is 1.94 bits per heavy atom. The SMILES string of the molecule is CNC(c1cc(F)cc(Br)c1)c1cc(C)sc1C. The van der Waals surface area contributed by atoms with E-state index in [-0.39, 0.29) is 11.9 Å². The number of hydrogen-bond donors (Lipinski definition) is 1. The summed E-state index contributed by atoms with van der Waals surface area (Å²) in [7, 11) is 1.90. The van der Waals surface area contributed by atoms with Crippen LogP contribution in [0.15, 0.2) is 28.7 Å². The van der Waals surface area contributed by atoms with E-state index in [0.29, 0.717) is 0 Å². The second-order valence-electron chi connectivity index (χ2n) is 4.29. The van der Waals surface area contributed by atoms with Gasteiger partial charge in [0.25, 0.3) is 0 Å². The summed E-state index contributed by atoms with van der Waals surface area (Å²) in [5, 5.41) is 3.26. The summed E-state index contributed by atoms with van der Waals surface area (Å²) in [6.07, 6.45) is 0. The molecule has 96 valence electrons. The Balaban J connectivity index is 2.48. The Bertz CT molecular complexity index is 545. The van der Waals surface area contributed by atoms with Gasteiger partial charge in [-0.3, -0.25) is 0 Å². The van der Waals surface area contributed by atoms with Gasteiger partial charge in [-0.2, -0.15) is 0 Å². The molecule has 1 unspecified atom stereocenters. The zero-order valence-corrected chi connectivity index (χ0v) is 13.0. The largest absolute Gasteiger partial charge is 0.309 e. The molecule has 0 spiro atoms. The molecule has 0 saturated carbocycles. The van der Waals surface area contributed by atoms with E-state index in [0.717, 1.165) is 10.0 Å². The van der Waals surface area contributed by atoms with Crippen LogP contribution in [0.3, 0.4) is 0 Å². The minimum absolute atomic E-state index is 0.0296. The lowest BCUT2D eigenvalue weighted by Crippen LogP contribution is -2.18. The molecular formula is C14H15BrFNS. The summed E-state index contributed by atoms with van der Waals surface area (Å²) in [6.45, 7) is 4.20. The fourth-order valence-electron chi connectivity index (χ4n) is 2.18. The molecule has 0 saturated heterocycles. The summed E-state index contributed by atoms with van der Waals surface area (Å²) in [5.41, 5.74) is 2.16. The van der Waals surface area contributed by atoms with Gasteiger partial charge in [0.15, 0.2) is 0 Å². The Labute approximate surface area is 119 Å². The highest BCUT2D eigenvalue weighted by Crippen LogP contribution is 2.31. The average molecular weight is 328 g/mol. The van der Waals surface area contributed by atoms with Gasteiger partial charge in [0, 0.05) is 14.2 Å². The maximum Gasteiger partial charge on any atom is 0.124 e. The first-order chi connectivity index (χ1) is 8.51. The van der Waals surface area contributed by atoms with Crippen LogP contribution in [0.4, 0.5) is 4.39 Å². The molecule has 0 aliphatic carbocycles. The van der Waals surface area contributed by atoms with Crippen molar-refractivity contribution in [3.8, 4) is 0 Å². The van der Waals surface area contributed by atoms with Crippen LogP contribution in [0.1, 0.15) is 26.9 Å². The summed E-state index contributed by atoms with van der Waals surface area (Å²) in [6, 6.07) is 7.21. The third kappa shape index (κ3) is 2.82. The van der Waals surface area contributed by atoms with Crippen LogP contribution in [0.5, 0.6) is 0 Å². The van der Waals surface area contributed by atoms with Crippen molar-refractivity contribution in [2.45, 2.75) is 19.9 Å². The third-order valence-electron chi connectivity index (χ3n) is 2.90. The van der Waals surface area contributed by atoms with E-state index < -0.39 is 0 Å². The Morgan fingerprint density at radius 3 is 2.44 bits per heavy atom. The average Bonchev–Trinajstić information content (AvgIpc) is 2.58. The predicted molar refractivity (Wildman–Crippen MR) is 78.8 cm³/mol. The molecule has 1 aromatic heterocycles. The Kier molecular flexibility index (Phi) is 4.20. The second-order valence-corrected chi connectivity index (χ2v) is 6.67. The molecule has 0 radical (unpaired) electrons. The molecular weight excluding hydrogens is 313 g/mol. The predicted octanol–water partition coefficient (Wildman–Crippen LogP) is 4.58. The van der Waals surface area contributed by atoms with E-state index in [1.807, 2.05) is 13.1 Å². The summed E-state index contributed by atoms with van der Waals surface area (Å²) >= 11 is 5.11. The molecule has 0 aliphatic rings. The lowest BCUT2D eigenvalue weighted by atomic mass is 9.99. The zero-order valence-electron chi connectivity index (χ0n) is 10.6. The minimum Gasteiger partial charge on any atom is -0.309 e. The maximum atomic E-state index is 13.5. The molecule has 18 heavy (non-hydrogen) atoms. The molecule has 2 aromatic rings. The van der Waals surface area contributed by atoms with E-state index in [9.17, 15) is 4.39 Å². The van der Waals surface area contributed by atoms with Crippen molar-refractivity contribution in [2.24, 2.45) is 0 Å². The number of aryl methyl sites for hydroxylation is 2. The second kappa shape index (κ2) is 5.51. The van der Waals surface area contributed by atoms with E-state index >= 15 is 0 Å². The summed E-state index contributed by atoms with van der Waals surface area (Å²) in [4.78, 5) is 2.55. The van der Waals surface area contributed by atoms with Crippen molar-refractivity contribution in [1.82, 2.24) is 5.32 Å². The molecule has 1 nitrogen and oxygen atoms in total. The van der Waals surface area contributed by atoms with Gasteiger partial charge in [0.05, 0.1) is 6.04 Å². The van der Waals surface area contributed by atoms with Crippen molar-refractivity contribution in [1.29, 1.82) is 0 Å². The molecule has 1 heterocycles. The first-order valence-corrected chi connectivity index (χ1v) is 7.32. The van der Waals surface area contributed by atoms with Crippen LogP contribution < -0.4 is 5.32 Å². The fourth-order valence-corrected chi connectivity index (χ4v) is 3.63. The number of thiophene rings is 1. The van der Waals surface area contributed by atoms with Crippen molar-refractivity contribution >= 4 is 27.3 Å². The van der Waals surface area contributed by atoms with Gasteiger partial charge in [-0.15, -0.1) is 11.3 Å². The van der Waals surface area contributed by atoms with Gasteiger partial charge < -0.3 is 5.32 Å². The molecule has 2 rings (SSSR count). The molecule has 0 amide bonds. The topological polar surface area (TPSA) is 12.0 Å². The van der Waals surface area contributed by atoms with Gasteiger partial charge in [0.1, 0.15) is 5.82 Å². The lowest BCUT2D eigenvalue weighted by molar-refractivity contribution is 0.615. The molecule has 1 aromatic carbocycles. The monoisotopic (exact) mass is 327 g/mol. The first kappa shape index (κ1) is 13.7. The summed E-state index contributed by atoms with van der Waals surface area (Å²) < 4.78 is 14.3. The zero-order chi connectivity index (χ0) is 13.3. The maximum absolute atomic E-state index is 13.5. The van der Waals surface area contributed by atoms with E-state index in [1.54, 1.807) is 17.4 Å². The molecule has 1 atom stereocenters. The number of nitrogens with one attached hydrogen (secondary N) is 1. The van der Waals surface area contributed by atoms with Crippen LogP contribution in [0.2, 0.25) is 0 Å². The van der Waals surface area contributed by atoms with Gasteiger partial charge >= 0.3 is 0 Å². The van der Waals surface area contributed by atoms with E-state index in [1.165, 1.54) is 21.4 Å². The van der Waals surface area contributed by atoms with Crippen molar-refractivity contribution in [3.63, 3.8) is 0 Å². The van der Waals surface area contributed by atoms with Crippen molar-refractivity contribution in [3.05, 3.63) is 55.4 Å². The number of halogens is 2. The molecule has 4 heteroatoms. The van der Waals surface area contributed by atoms with Gasteiger partial charge in [-0.1, -0.05) is 15.9 Å². The van der Waals surface area contributed by atoms with Crippen LogP contribution in [0.25, 0.3) is 0 Å². The van der Waals surface area contributed by atoms with Gasteiger partial charge in [-0.25, -0.2) is 4.39 Å². The van der Waals surface area contributed by atoms with Crippen molar-refractivity contribution in [2.75, 3.05) is 7.05 Å². The van der Waals surface area contributed by atoms with E-state index in [2.05, 4.69) is 41.2 Å². The minimum atomic E-state index is -0.218. The van der Waals surface area contributed by atoms with Crippen LogP contribution >= 0.6 is 27.3 Å². The van der Waals surface area contributed by atoms with E-state index in [4.69, 9.17) is 0 Å². The normalized spacial score (nSPS) is 12.7. The van der Waals surface area contributed by atoms with Crippen LogP contribution in [-0.2, 0) is 0 Å². The number of hydrogen-bond acceptors (Lipinski definition) is 2. The lowest BCUT2D eigenvalue weighted by Gasteiger charge is -2.17. The Hall–Kier alpha value is -0.710. The van der Waals surface area contributed by atoms with Crippen LogP contribution in [0, 0.1) is 19.7 Å². The highest BCUT2D eigenvalue weighted by atomic mass is 79.9. The standard InChI is InChI=1S/C14H15BrFNS/c1-8-4-13(9(2)18-8)14(17-3)10-5-11(15)7-12(16)6-10/h4-7,14,17H,1-3H3. The molecule has 0 fully saturated rings. The molecule has 0 bridgehead atoms. The van der Waals surface area contributed by atoms with Gasteiger partial charge in [0.2, 0.25) is 0 Å². The van der Waals surface area contributed by atoms with Crippen LogP contribution in [-0.4, -0.2) is 7.05 Å². The first-order valence-electron chi connectivity index (χ1n) is 5.71. The third-order valence-corrected chi connectivity index (χ3v) is 4.34. The van der Waals surface area contributed by atoms with Gasteiger partial charge in [-0.05, 0) is 56.3 Å². The molecule has 0 aliphatic heterocycles. The highest BCUT2D eigenvalue weighted by Gasteiger charge is 2.17. The number of rotatable bonds is 3.